The third-order valence-electron chi connectivity index (χ3n) is 2.73. The maximum Gasteiger partial charge on any atom is 0.231 e. The Labute approximate surface area is 98.0 Å². The number of benzene rings is 1. The fourth-order valence-corrected chi connectivity index (χ4v) is 1.92. The molecule has 0 fully saturated rings. The molecular formula is C12H12N2O3. The second-order valence-corrected chi connectivity index (χ2v) is 3.88. The first-order chi connectivity index (χ1) is 8.28. The fraction of sp³-hybridized carbons (Fsp3) is 0.250. The van der Waals surface area contributed by atoms with E-state index in [1.807, 2.05) is 25.1 Å². The lowest BCUT2D eigenvalue weighted by Crippen LogP contribution is -1.92. The van der Waals surface area contributed by atoms with Gasteiger partial charge in [0, 0.05) is 11.3 Å². The summed E-state index contributed by atoms with van der Waals surface area (Å²) in [5.41, 5.74) is 2.70. The smallest absolute Gasteiger partial charge is 0.231 e. The molecule has 2 N–H and O–H groups in total. The molecule has 0 saturated heterocycles. The molecule has 0 saturated carbocycles. The third-order valence-corrected chi connectivity index (χ3v) is 2.73. The molecule has 3 rings (SSSR count). The van der Waals surface area contributed by atoms with E-state index in [0.717, 1.165) is 28.5 Å². The van der Waals surface area contributed by atoms with E-state index in [1.54, 1.807) is 0 Å². The van der Waals surface area contributed by atoms with Crippen LogP contribution in [-0.4, -0.2) is 21.9 Å². The monoisotopic (exact) mass is 232 g/mol. The van der Waals surface area contributed by atoms with Gasteiger partial charge in [-0.2, -0.15) is 0 Å². The summed E-state index contributed by atoms with van der Waals surface area (Å²) in [6, 6.07) is 5.69. The summed E-state index contributed by atoms with van der Waals surface area (Å²) in [4.78, 5) is 7.35. The first-order valence-corrected chi connectivity index (χ1v) is 5.34. The Bertz CT molecular complexity index is 563. The first-order valence-electron chi connectivity index (χ1n) is 5.34. The van der Waals surface area contributed by atoms with Gasteiger partial charge in [0.05, 0.1) is 5.69 Å². The Hall–Kier alpha value is -2.01. The summed E-state index contributed by atoms with van der Waals surface area (Å²) in [5.74, 6) is 2.05. The summed E-state index contributed by atoms with van der Waals surface area (Å²) < 4.78 is 10.6. The van der Waals surface area contributed by atoms with E-state index in [0.29, 0.717) is 5.82 Å². The van der Waals surface area contributed by atoms with Crippen LogP contribution in [0.25, 0.3) is 11.3 Å². The van der Waals surface area contributed by atoms with Crippen molar-refractivity contribution < 1.29 is 14.6 Å². The normalized spacial score (nSPS) is 13.1. The number of fused-ring (bicyclic) bond motifs is 1. The predicted molar refractivity (Wildman–Crippen MR) is 60.8 cm³/mol. The van der Waals surface area contributed by atoms with Gasteiger partial charge >= 0.3 is 0 Å². The van der Waals surface area contributed by atoms with Crippen LogP contribution in [0.3, 0.4) is 0 Å². The average Bonchev–Trinajstić information content (AvgIpc) is 2.93. The largest absolute Gasteiger partial charge is 0.454 e. The maximum atomic E-state index is 9.04. The minimum atomic E-state index is -0.0919. The summed E-state index contributed by atoms with van der Waals surface area (Å²) in [6.07, 6.45) is 0. The van der Waals surface area contributed by atoms with Gasteiger partial charge in [0.15, 0.2) is 11.5 Å². The number of aryl methyl sites for hydroxylation is 1. The lowest BCUT2D eigenvalue weighted by atomic mass is 10.1. The van der Waals surface area contributed by atoms with Crippen molar-refractivity contribution in [2.45, 2.75) is 13.5 Å². The number of hydrogen-bond acceptors (Lipinski definition) is 4. The molecule has 88 valence electrons. The molecule has 1 aliphatic rings. The second kappa shape index (κ2) is 3.78. The summed E-state index contributed by atoms with van der Waals surface area (Å²) >= 11 is 0. The van der Waals surface area contributed by atoms with E-state index >= 15 is 0 Å². The molecule has 0 spiro atoms. The number of rotatable bonds is 2. The molecule has 1 aromatic heterocycles. The summed E-state index contributed by atoms with van der Waals surface area (Å²) in [5, 5.41) is 9.04. The van der Waals surface area contributed by atoms with Gasteiger partial charge in [-0.3, -0.25) is 0 Å². The Morgan fingerprint density at radius 1 is 1.35 bits per heavy atom. The van der Waals surface area contributed by atoms with Gasteiger partial charge in [0.25, 0.3) is 0 Å². The van der Waals surface area contributed by atoms with Crippen LogP contribution in [0, 0.1) is 6.92 Å². The molecule has 0 atom stereocenters. The Morgan fingerprint density at radius 3 is 2.94 bits per heavy atom. The van der Waals surface area contributed by atoms with E-state index in [1.165, 1.54) is 0 Å². The van der Waals surface area contributed by atoms with Gasteiger partial charge in [0.1, 0.15) is 12.4 Å². The molecule has 0 aliphatic carbocycles. The van der Waals surface area contributed by atoms with E-state index in [4.69, 9.17) is 14.6 Å². The van der Waals surface area contributed by atoms with Crippen molar-refractivity contribution in [1.82, 2.24) is 9.97 Å². The molecule has 0 bridgehead atoms. The van der Waals surface area contributed by atoms with E-state index in [-0.39, 0.29) is 13.4 Å². The van der Waals surface area contributed by atoms with E-state index in [9.17, 15) is 0 Å². The number of aromatic nitrogens is 2. The van der Waals surface area contributed by atoms with Crippen LogP contribution >= 0.6 is 0 Å². The number of aromatic amines is 1. The van der Waals surface area contributed by atoms with Gasteiger partial charge in [-0.25, -0.2) is 4.98 Å². The number of imidazole rings is 1. The minimum absolute atomic E-state index is 0.0919. The van der Waals surface area contributed by atoms with Crippen molar-refractivity contribution >= 4 is 0 Å². The van der Waals surface area contributed by atoms with Gasteiger partial charge in [-0.05, 0) is 25.1 Å². The minimum Gasteiger partial charge on any atom is -0.454 e. The van der Waals surface area contributed by atoms with Gasteiger partial charge in [0.2, 0.25) is 6.79 Å². The Balaban J connectivity index is 2.06. The summed E-state index contributed by atoms with van der Waals surface area (Å²) in [7, 11) is 0. The Kier molecular flexibility index (Phi) is 2.26. The molecule has 0 radical (unpaired) electrons. The van der Waals surface area contributed by atoms with Crippen LogP contribution in [0.1, 0.15) is 11.5 Å². The average molecular weight is 232 g/mol. The highest BCUT2D eigenvalue weighted by molar-refractivity contribution is 5.66. The first kappa shape index (κ1) is 10.2. The number of aliphatic hydroxyl groups is 1. The zero-order valence-corrected chi connectivity index (χ0v) is 9.36. The van der Waals surface area contributed by atoms with Crippen LogP contribution in [0.4, 0.5) is 0 Å². The fourth-order valence-electron chi connectivity index (χ4n) is 1.92. The number of hydrogen-bond donors (Lipinski definition) is 2. The van der Waals surface area contributed by atoms with Crippen molar-refractivity contribution in [3.05, 3.63) is 29.7 Å². The molecule has 0 unspecified atom stereocenters. The van der Waals surface area contributed by atoms with Crippen molar-refractivity contribution in [2.75, 3.05) is 6.79 Å². The molecule has 17 heavy (non-hydrogen) atoms. The highest BCUT2D eigenvalue weighted by Crippen LogP contribution is 2.36. The van der Waals surface area contributed by atoms with Crippen molar-refractivity contribution in [3.63, 3.8) is 0 Å². The zero-order chi connectivity index (χ0) is 11.8. The number of aliphatic hydroxyl groups excluding tert-OH is 1. The van der Waals surface area contributed by atoms with Crippen LogP contribution in [-0.2, 0) is 6.61 Å². The molecule has 5 heteroatoms. The van der Waals surface area contributed by atoms with Crippen LogP contribution in [0.5, 0.6) is 11.5 Å². The molecule has 1 aromatic carbocycles. The standard InChI is InChI=1S/C12H12N2O3/c1-7-12(14-11(5-15)13-7)8-2-3-9-10(4-8)17-6-16-9/h2-4,15H,5-6H2,1H3,(H,13,14). The van der Waals surface area contributed by atoms with Crippen LogP contribution in [0.15, 0.2) is 18.2 Å². The Morgan fingerprint density at radius 2 is 2.18 bits per heavy atom. The SMILES string of the molecule is Cc1[nH]c(CO)nc1-c1ccc2c(c1)OCO2. The van der Waals surface area contributed by atoms with Crippen molar-refractivity contribution in [1.29, 1.82) is 0 Å². The number of H-pyrrole nitrogens is 1. The molecular weight excluding hydrogens is 220 g/mol. The third kappa shape index (κ3) is 1.64. The molecule has 2 heterocycles. The van der Waals surface area contributed by atoms with Gasteiger partial charge < -0.3 is 19.6 Å². The highest BCUT2D eigenvalue weighted by Gasteiger charge is 2.16. The van der Waals surface area contributed by atoms with Crippen molar-refractivity contribution in [2.24, 2.45) is 0 Å². The number of nitrogens with zero attached hydrogens (tertiary/aromatic N) is 1. The topological polar surface area (TPSA) is 67.4 Å². The quantitative estimate of drug-likeness (QED) is 0.825. The number of ether oxygens (including phenoxy) is 2. The maximum absolute atomic E-state index is 9.04. The molecule has 2 aromatic rings. The van der Waals surface area contributed by atoms with Crippen LogP contribution in [0.2, 0.25) is 0 Å². The number of nitrogens with one attached hydrogen (secondary N) is 1. The van der Waals surface area contributed by atoms with Crippen molar-refractivity contribution in [3.8, 4) is 22.8 Å². The predicted octanol–water partition coefficient (Wildman–Crippen LogP) is 1.61. The van der Waals surface area contributed by atoms with Gasteiger partial charge in [-0.1, -0.05) is 0 Å². The lowest BCUT2D eigenvalue weighted by molar-refractivity contribution is 0.174. The van der Waals surface area contributed by atoms with Crippen LogP contribution < -0.4 is 9.47 Å². The van der Waals surface area contributed by atoms with Gasteiger partial charge in [-0.15, -0.1) is 0 Å². The zero-order valence-electron chi connectivity index (χ0n) is 9.36. The van der Waals surface area contributed by atoms with E-state index in [2.05, 4.69) is 9.97 Å². The van der Waals surface area contributed by atoms with E-state index < -0.39 is 0 Å². The summed E-state index contributed by atoms with van der Waals surface area (Å²) in [6.45, 7) is 2.09. The second-order valence-electron chi connectivity index (χ2n) is 3.88. The molecule has 5 nitrogen and oxygen atoms in total. The highest BCUT2D eigenvalue weighted by atomic mass is 16.7. The lowest BCUT2D eigenvalue weighted by Gasteiger charge is -2.00. The molecule has 0 amide bonds. The molecule has 1 aliphatic heterocycles.